The first-order valence-electron chi connectivity index (χ1n) is 3.64. The zero-order chi connectivity index (χ0) is 9.10. The van der Waals surface area contributed by atoms with Crippen molar-refractivity contribution in [3.05, 3.63) is 18.1 Å². The van der Waals surface area contributed by atoms with E-state index in [9.17, 15) is 0 Å². The van der Waals surface area contributed by atoms with Gasteiger partial charge in [0.1, 0.15) is 12.1 Å². The molecule has 0 radical (unpaired) electrons. The lowest BCUT2D eigenvalue weighted by atomic mass is 10.3. The fourth-order valence-corrected chi connectivity index (χ4v) is 1.31. The van der Waals surface area contributed by atoms with Gasteiger partial charge in [0.05, 0.1) is 6.20 Å². The minimum atomic E-state index is 0.581. The van der Waals surface area contributed by atoms with Crippen LogP contribution in [-0.4, -0.2) is 19.6 Å². The molecule has 13 heavy (non-hydrogen) atoms. The zero-order valence-electron chi connectivity index (χ0n) is 6.69. The van der Waals surface area contributed by atoms with Crippen molar-refractivity contribution in [2.75, 3.05) is 11.1 Å². The van der Waals surface area contributed by atoms with Crippen LogP contribution in [0.1, 0.15) is 5.56 Å². The highest BCUT2D eigenvalue weighted by Gasteiger charge is 2.01. The molecule has 0 amide bonds. The molecule has 2 rings (SSSR count). The Morgan fingerprint density at radius 2 is 2.54 bits per heavy atom. The predicted molar refractivity (Wildman–Crippen MR) is 50.2 cm³/mol. The van der Waals surface area contributed by atoms with Crippen LogP contribution in [0, 0.1) is 0 Å². The van der Waals surface area contributed by atoms with Crippen LogP contribution >= 0.6 is 11.5 Å². The maximum Gasteiger partial charge on any atom is 0.202 e. The lowest BCUT2D eigenvalue weighted by Crippen LogP contribution is -2.00. The van der Waals surface area contributed by atoms with E-state index in [4.69, 9.17) is 5.73 Å². The number of anilines is 2. The maximum absolute atomic E-state index is 5.59. The Bertz CT molecular complexity index is 366. The summed E-state index contributed by atoms with van der Waals surface area (Å²) in [7, 11) is 0. The van der Waals surface area contributed by atoms with Crippen molar-refractivity contribution in [1.82, 2.24) is 19.6 Å². The Hall–Kier alpha value is -1.63. The minimum absolute atomic E-state index is 0.581. The second-order valence-corrected chi connectivity index (χ2v) is 3.19. The molecule has 2 heterocycles. The number of rotatable bonds is 3. The van der Waals surface area contributed by atoms with Crippen molar-refractivity contribution >= 4 is 22.5 Å². The smallest absolute Gasteiger partial charge is 0.202 e. The Morgan fingerprint density at radius 3 is 3.15 bits per heavy atom. The SMILES string of the molecule is Nc1[nH]ncc1CNc1ncns1. The lowest BCUT2D eigenvalue weighted by molar-refractivity contribution is 1.10. The molecule has 0 bridgehead atoms. The Kier molecular flexibility index (Phi) is 2.09. The van der Waals surface area contributed by atoms with E-state index in [1.54, 1.807) is 6.20 Å². The normalized spacial score (nSPS) is 10.2. The third-order valence-corrected chi connectivity index (χ3v) is 2.17. The van der Waals surface area contributed by atoms with Crippen LogP contribution in [0.3, 0.4) is 0 Å². The summed E-state index contributed by atoms with van der Waals surface area (Å²) in [6, 6.07) is 0. The third kappa shape index (κ3) is 1.75. The Balaban J connectivity index is 1.97. The van der Waals surface area contributed by atoms with Crippen molar-refractivity contribution in [2.24, 2.45) is 0 Å². The van der Waals surface area contributed by atoms with Gasteiger partial charge >= 0.3 is 0 Å². The van der Waals surface area contributed by atoms with Crippen LogP contribution in [-0.2, 0) is 6.54 Å². The number of nitrogens with zero attached hydrogens (tertiary/aromatic N) is 3. The van der Waals surface area contributed by atoms with Crippen molar-refractivity contribution in [1.29, 1.82) is 0 Å². The van der Waals surface area contributed by atoms with Gasteiger partial charge in [0.25, 0.3) is 0 Å². The molecule has 2 aromatic heterocycles. The van der Waals surface area contributed by atoms with E-state index in [0.29, 0.717) is 12.4 Å². The lowest BCUT2D eigenvalue weighted by Gasteiger charge is -1.98. The predicted octanol–water partition coefficient (Wildman–Crippen LogP) is 0.455. The van der Waals surface area contributed by atoms with Crippen LogP contribution in [0.4, 0.5) is 10.9 Å². The van der Waals surface area contributed by atoms with Gasteiger partial charge in [0.2, 0.25) is 5.13 Å². The van der Waals surface area contributed by atoms with Crippen molar-refractivity contribution in [2.45, 2.75) is 6.54 Å². The second kappa shape index (κ2) is 3.40. The quantitative estimate of drug-likeness (QED) is 0.663. The highest BCUT2D eigenvalue weighted by molar-refractivity contribution is 7.09. The van der Waals surface area contributed by atoms with Crippen LogP contribution in [0.5, 0.6) is 0 Å². The number of aromatic amines is 1. The fourth-order valence-electron chi connectivity index (χ4n) is 0.884. The number of nitrogens with one attached hydrogen (secondary N) is 2. The van der Waals surface area contributed by atoms with E-state index in [1.165, 1.54) is 17.9 Å². The number of nitrogens with two attached hydrogens (primary N) is 1. The Labute approximate surface area is 78.4 Å². The second-order valence-electron chi connectivity index (χ2n) is 2.41. The summed E-state index contributed by atoms with van der Waals surface area (Å²) in [6.07, 6.45) is 3.19. The zero-order valence-corrected chi connectivity index (χ0v) is 7.51. The third-order valence-electron chi connectivity index (χ3n) is 1.54. The molecular formula is C6H8N6S. The molecule has 0 saturated carbocycles. The first-order valence-corrected chi connectivity index (χ1v) is 4.42. The Morgan fingerprint density at radius 1 is 1.62 bits per heavy atom. The summed E-state index contributed by atoms with van der Waals surface area (Å²) >= 11 is 1.31. The van der Waals surface area contributed by atoms with Gasteiger partial charge in [-0.1, -0.05) is 0 Å². The molecule has 2 aromatic rings. The first kappa shape index (κ1) is 7.99. The topological polar surface area (TPSA) is 92.5 Å². The van der Waals surface area contributed by atoms with E-state index >= 15 is 0 Å². The number of nitrogen functional groups attached to an aromatic ring is 1. The number of aromatic nitrogens is 4. The summed E-state index contributed by atoms with van der Waals surface area (Å²) < 4.78 is 3.86. The van der Waals surface area contributed by atoms with Gasteiger partial charge in [0.15, 0.2) is 0 Å². The monoisotopic (exact) mass is 196 g/mol. The first-order chi connectivity index (χ1) is 6.36. The van der Waals surface area contributed by atoms with Gasteiger partial charge in [-0.3, -0.25) is 5.10 Å². The van der Waals surface area contributed by atoms with E-state index in [1.807, 2.05) is 0 Å². The van der Waals surface area contributed by atoms with E-state index in [-0.39, 0.29) is 0 Å². The summed E-state index contributed by atoms with van der Waals surface area (Å²) in [5, 5.41) is 10.3. The number of hydrogen-bond donors (Lipinski definition) is 3. The number of H-pyrrole nitrogens is 1. The minimum Gasteiger partial charge on any atom is -0.384 e. The van der Waals surface area contributed by atoms with E-state index in [2.05, 4.69) is 24.9 Å². The number of hydrogen-bond acceptors (Lipinski definition) is 6. The fraction of sp³-hybridized carbons (Fsp3) is 0.167. The molecule has 6 nitrogen and oxygen atoms in total. The van der Waals surface area contributed by atoms with Gasteiger partial charge in [-0.25, -0.2) is 4.98 Å². The molecule has 0 spiro atoms. The molecule has 7 heteroatoms. The van der Waals surface area contributed by atoms with Crippen LogP contribution in [0.25, 0.3) is 0 Å². The molecule has 0 unspecified atom stereocenters. The standard InChI is InChI=1S/C6H8N6S/c7-5-4(2-10-12-5)1-8-6-9-3-11-13-6/h2-3H,1H2,(H3,7,10,12)(H,8,9,11). The van der Waals surface area contributed by atoms with E-state index < -0.39 is 0 Å². The van der Waals surface area contributed by atoms with Gasteiger partial charge < -0.3 is 11.1 Å². The van der Waals surface area contributed by atoms with Gasteiger partial charge in [-0.15, -0.1) is 0 Å². The summed E-state index contributed by atoms with van der Waals surface area (Å²) in [6.45, 7) is 0.609. The molecule has 0 aliphatic heterocycles. The van der Waals surface area contributed by atoms with Crippen LogP contribution < -0.4 is 11.1 Å². The highest BCUT2D eigenvalue weighted by atomic mass is 32.1. The van der Waals surface area contributed by atoms with Crippen molar-refractivity contribution in [3.8, 4) is 0 Å². The molecular weight excluding hydrogens is 188 g/mol. The largest absolute Gasteiger partial charge is 0.384 e. The molecule has 0 aromatic carbocycles. The molecule has 0 aliphatic carbocycles. The highest BCUT2D eigenvalue weighted by Crippen LogP contribution is 2.11. The van der Waals surface area contributed by atoms with Gasteiger partial charge in [0, 0.05) is 23.6 Å². The molecule has 68 valence electrons. The summed E-state index contributed by atoms with van der Waals surface area (Å²) in [5.41, 5.74) is 6.52. The molecule has 0 saturated heterocycles. The summed E-state index contributed by atoms with van der Waals surface area (Å²) in [5.74, 6) is 0.581. The van der Waals surface area contributed by atoms with Crippen molar-refractivity contribution in [3.63, 3.8) is 0 Å². The molecule has 4 N–H and O–H groups in total. The van der Waals surface area contributed by atoms with E-state index in [0.717, 1.165) is 10.7 Å². The van der Waals surface area contributed by atoms with Crippen LogP contribution in [0.15, 0.2) is 12.5 Å². The van der Waals surface area contributed by atoms with Gasteiger partial charge in [-0.05, 0) is 0 Å². The van der Waals surface area contributed by atoms with Gasteiger partial charge in [-0.2, -0.15) is 9.47 Å². The average molecular weight is 196 g/mol. The molecule has 0 aliphatic rings. The summed E-state index contributed by atoms with van der Waals surface area (Å²) in [4.78, 5) is 3.97. The van der Waals surface area contributed by atoms with Crippen molar-refractivity contribution < 1.29 is 0 Å². The molecule has 0 atom stereocenters. The molecule has 0 fully saturated rings. The average Bonchev–Trinajstić information content (AvgIpc) is 2.72. The maximum atomic E-state index is 5.59. The van der Waals surface area contributed by atoms with Crippen LogP contribution in [0.2, 0.25) is 0 Å².